The summed E-state index contributed by atoms with van der Waals surface area (Å²) in [5.41, 5.74) is 0.513. The summed E-state index contributed by atoms with van der Waals surface area (Å²) < 4.78 is 13.9. The molecule has 1 aliphatic rings. The van der Waals surface area contributed by atoms with Crippen LogP contribution in [0.1, 0.15) is 38.3 Å². The fourth-order valence-electron chi connectivity index (χ4n) is 2.99. The van der Waals surface area contributed by atoms with Gasteiger partial charge in [-0.1, -0.05) is 19.1 Å². The maximum absolute atomic E-state index is 13.9. The van der Waals surface area contributed by atoms with Crippen molar-refractivity contribution in [3.8, 4) is 11.8 Å². The molecule has 6 heteroatoms. The molecule has 1 saturated heterocycles. The number of benzene rings is 1. The van der Waals surface area contributed by atoms with E-state index < -0.39 is 5.82 Å². The van der Waals surface area contributed by atoms with Gasteiger partial charge < -0.3 is 4.90 Å². The first-order chi connectivity index (χ1) is 10.7. The second kappa shape index (κ2) is 6.14. The molecule has 1 aromatic heterocycles. The molecule has 0 amide bonds. The summed E-state index contributed by atoms with van der Waals surface area (Å²) in [6.07, 6.45) is 4.36. The van der Waals surface area contributed by atoms with Crippen LogP contribution in [0, 0.1) is 17.1 Å². The Morgan fingerprint density at radius 1 is 1.32 bits per heavy atom. The monoisotopic (exact) mass is 299 g/mol. The van der Waals surface area contributed by atoms with Crippen molar-refractivity contribution in [2.45, 2.75) is 38.6 Å². The molecule has 0 spiro atoms. The van der Waals surface area contributed by atoms with Gasteiger partial charge in [0.1, 0.15) is 11.8 Å². The van der Waals surface area contributed by atoms with E-state index >= 15 is 0 Å². The number of hydrogen-bond donors (Lipinski definition) is 0. The van der Waals surface area contributed by atoms with Crippen molar-refractivity contribution in [2.24, 2.45) is 0 Å². The Kier molecular flexibility index (Phi) is 4.05. The Bertz CT molecular complexity index is 703. The number of para-hydroxylation sites is 1. The lowest BCUT2D eigenvalue weighted by Crippen LogP contribution is -2.39. The van der Waals surface area contributed by atoms with Gasteiger partial charge in [0.2, 0.25) is 5.69 Å². The summed E-state index contributed by atoms with van der Waals surface area (Å²) in [6, 6.07) is 8.76. The molecule has 22 heavy (non-hydrogen) atoms. The van der Waals surface area contributed by atoms with E-state index in [1.165, 1.54) is 17.3 Å². The van der Waals surface area contributed by atoms with Crippen LogP contribution in [-0.4, -0.2) is 27.6 Å². The van der Waals surface area contributed by atoms with Gasteiger partial charge in [-0.2, -0.15) is 5.26 Å². The number of nitrogens with zero attached hydrogens (tertiary/aromatic N) is 5. The summed E-state index contributed by atoms with van der Waals surface area (Å²) in [4.78, 5) is 3.37. The van der Waals surface area contributed by atoms with E-state index in [1.807, 2.05) is 0 Å². The van der Waals surface area contributed by atoms with Crippen LogP contribution in [0.2, 0.25) is 0 Å². The fourth-order valence-corrected chi connectivity index (χ4v) is 2.99. The van der Waals surface area contributed by atoms with Gasteiger partial charge in [-0.3, -0.25) is 0 Å². The molecule has 0 radical (unpaired) electrons. The maximum atomic E-state index is 13.9. The number of hydrogen-bond acceptors (Lipinski definition) is 4. The third-order valence-corrected chi connectivity index (χ3v) is 4.14. The number of piperidine rings is 1. The molecule has 1 fully saturated rings. The molecule has 0 saturated carbocycles. The minimum Gasteiger partial charge on any atom is -0.350 e. The Morgan fingerprint density at radius 3 is 2.86 bits per heavy atom. The molecule has 2 aromatic rings. The van der Waals surface area contributed by atoms with Crippen molar-refractivity contribution in [3.63, 3.8) is 0 Å². The van der Waals surface area contributed by atoms with Crippen LogP contribution in [0.15, 0.2) is 24.3 Å². The van der Waals surface area contributed by atoms with Crippen LogP contribution in [0.3, 0.4) is 0 Å². The van der Waals surface area contributed by atoms with Crippen LogP contribution in [0.4, 0.5) is 10.2 Å². The Balaban J connectivity index is 2.02. The predicted molar refractivity (Wildman–Crippen MR) is 81.3 cm³/mol. The smallest absolute Gasteiger partial charge is 0.207 e. The summed E-state index contributed by atoms with van der Waals surface area (Å²) in [6.45, 7) is 3.00. The van der Waals surface area contributed by atoms with Gasteiger partial charge in [0, 0.05) is 12.6 Å². The number of nitriles is 1. The van der Waals surface area contributed by atoms with Gasteiger partial charge in [0.25, 0.3) is 0 Å². The highest BCUT2D eigenvalue weighted by Gasteiger charge is 2.27. The minimum atomic E-state index is -0.403. The van der Waals surface area contributed by atoms with Crippen molar-refractivity contribution < 1.29 is 4.39 Å². The average Bonchev–Trinajstić information content (AvgIpc) is 2.99. The molecular weight excluding hydrogens is 281 g/mol. The van der Waals surface area contributed by atoms with Crippen molar-refractivity contribution in [2.75, 3.05) is 11.4 Å². The molecule has 0 bridgehead atoms. The first kappa shape index (κ1) is 14.5. The van der Waals surface area contributed by atoms with Crippen LogP contribution in [-0.2, 0) is 0 Å². The van der Waals surface area contributed by atoms with Gasteiger partial charge in [0.05, 0.1) is 0 Å². The summed E-state index contributed by atoms with van der Waals surface area (Å²) in [7, 11) is 0. The van der Waals surface area contributed by atoms with Gasteiger partial charge in [-0.15, -0.1) is 15.0 Å². The highest BCUT2D eigenvalue weighted by atomic mass is 19.1. The SMILES string of the molecule is CCC1CCCCN1c1nn(-c2ccccc2F)nc1C#N. The van der Waals surface area contributed by atoms with Crippen LogP contribution < -0.4 is 4.90 Å². The van der Waals surface area contributed by atoms with E-state index in [4.69, 9.17) is 0 Å². The minimum absolute atomic E-state index is 0.253. The summed E-state index contributed by atoms with van der Waals surface area (Å²) in [5.74, 6) is 0.163. The predicted octanol–water partition coefficient (Wildman–Crippen LogP) is 3.05. The molecule has 1 atom stereocenters. The molecule has 5 nitrogen and oxygen atoms in total. The topological polar surface area (TPSA) is 57.7 Å². The largest absolute Gasteiger partial charge is 0.350 e. The first-order valence-corrected chi connectivity index (χ1v) is 7.63. The van der Waals surface area contributed by atoms with Crippen LogP contribution in [0.5, 0.6) is 0 Å². The third kappa shape index (κ3) is 2.54. The lowest BCUT2D eigenvalue weighted by Gasteiger charge is -2.35. The summed E-state index contributed by atoms with van der Waals surface area (Å²) >= 11 is 0. The molecular formula is C16H18FN5. The van der Waals surface area contributed by atoms with Gasteiger partial charge in [0.15, 0.2) is 11.6 Å². The van der Waals surface area contributed by atoms with E-state index in [0.717, 1.165) is 25.8 Å². The van der Waals surface area contributed by atoms with E-state index in [-0.39, 0.29) is 11.4 Å². The number of halogens is 1. The molecule has 3 rings (SSSR count). The molecule has 0 N–H and O–H groups in total. The van der Waals surface area contributed by atoms with Crippen LogP contribution in [0.25, 0.3) is 5.69 Å². The number of rotatable bonds is 3. The maximum Gasteiger partial charge on any atom is 0.207 e. The summed E-state index contributed by atoms with van der Waals surface area (Å²) in [5, 5.41) is 17.9. The molecule has 1 aromatic carbocycles. The van der Waals surface area contributed by atoms with E-state index in [9.17, 15) is 9.65 Å². The molecule has 114 valence electrons. The number of aromatic nitrogens is 3. The Morgan fingerprint density at radius 2 is 2.14 bits per heavy atom. The molecule has 1 unspecified atom stereocenters. The Labute approximate surface area is 129 Å². The highest BCUT2D eigenvalue weighted by Crippen LogP contribution is 2.27. The zero-order valence-corrected chi connectivity index (χ0v) is 12.5. The quantitative estimate of drug-likeness (QED) is 0.874. The lowest BCUT2D eigenvalue weighted by atomic mass is 10.00. The second-order valence-corrected chi connectivity index (χ2v) is 5.48. The molecule has 1 aliphatic heterocycles. The Hall–Kier alpha value is -2.42. The van der Waals surface area contributed by atoms with E-state index in [2.05, 4.69) is 28.1 Å². The van der Waals surface area contributed by atoms with Crippen molar-refractivity contribution in [3.05, 3.63) is 35.8 Å². The zero-order chi connectivity index (χ0) is 15.5. The highest BCUT2D eigenvalue weighted by molar-refractivity contribution is 5.51. The van der Waals surface area contributed by atoms with Crippen molar-refractivity contribution >= 4 is 5.82 Å². The first-order valence-electron chi connectivity index (χ1n) is 7.63. The fraction of sp³-hybridized carbons (Fsp3) is 0.438. The lowest BCUT2D eigenvalue weighted by molar-refractivity contribution is 0.445. The van der Waals surface area contributed by atoms with Gasteiger partial charge >= 0.3 is 0 Å². The normalized spacial score (nSPS) is 18.2. The van der Waals surface area contributed by atoms with E-state index in [0.29, 0.717) is 11.9 Å². The average molecular weight is 299 g/mol. The standard InChI is InChI=1S/C16H18FN5/c1-2-12-7-5-6-10-21(12)16-14(11-18)19-22(20-16)15-9-4-3-8-13(15)17/h3-4,8-9,12H,2,5-7,10H2,1H3. The van der Waals surface area contributed by atoms with Crippen LogP contribution >= 0.6 is 0 Å². The second-order valence-electron chi connectivity index (χ2n) is 5.48. The van der Waals surface area contributed by atoms with Crippen molar-refractivity contribution in [1.82, 2.24) is 15.0 Å². The molecule has 0 aliphatic carbocycles. The van der Waals surface area contributed by atoms with Gasteiger partial charge in [-0.25, -0.2) is 4.39 Å². The molecule has 2 heterocycles. The zero-order valence-electron chi connectivity index (χ0n) is 12.5. The van der Waals surface area contributed by atoms with Crippen molar-refractivity contribution in [1.29, 1.82) is 5.26 Å². The third-order valence-electron chi connectivity index (χ3n) is 4.14. The number of anilines is 1. The van der Waals surface area contributed by atoms with E-state index in [1.54, 1.807) is 18.2 Å². The van der Waals surface area contributed by atoms with Gasteiger partial charge in [-0.05, 0) is 37.8 Å².